The Morgan fingerprint density at radius 1 is 1.20 bits per heavy atom. The first kappa shape index (κ1) is 24.3. The molecule has 0 fully saturated rings. The Balaban J connectivity index is 1.65. The minimum Gasteiger partial charge on any atom is -0.496 e. The molecular weight excluding hydrogens is 453 g/mol. The number of nitrogens with zero attached hydrogens (tertiary/aromatic N) is 1. The van der Waals surface area contributed by atoms with Gasteiger partial charge in [-0.05, 0) is 81.5 Å². The van der Waals surface area contributed by atoms with E-state index in [2.05, 4.69) is 15.3 Å². The number of fused-ring (bicyclic) bond motifs is 1. The van der Waals surface area contributed by atoms with Crippen molar-refractivity contribution in [3.63, 3.8) is 0 Å². The number of nitrogens with one attached hydrogen (secondary N) is 2. The molecule has 1 unspecified atom stereocenters. The summed E-state index contributed by atoms with van der Waals surface area (Å²) in [6.45, 7) is 5.16. The van der Waals surface area contributed by atoms with Crippen molar-refractivity contribution in [1.29, 1.82) is 0 Å². The van der Waals surface area contributed by atoms with E-state index in [0.29, 0.717) is 23.4 Å². The number of aromatic amines is 1. The summed E-state index contributed by atoms with van der Waals surface area (Å²) in [5.74, 6) is -0.950. The molecule has 4 rings (SSSR count). The van der Waals surface area contributed by atoms with Crippen LogP contribution in [0.4, 0.5) is 9.18 Å². The summed E-state index contributed by atoms with van der Waals surface area (Å²) in [6, 6.07) is 8.06. The second kappa shape index (κ2) is 9.05. The van der Waals surface area contributed by atoms with Crippen LogP contribution in [0.5, 0.6) is 5.75 Å². The van der Waals surface area contributed by atoms with E-state index in [4.69, 9.17) is 9.47 Å². The first-order valence-corrected chi connectivity index (χ1v) is 11.3. The standard InChI is InChI=1S/C26H28FN3O5/c1-25(2,3)35-24(33)30-26(23(31)32)10-7-15(8-11-26)20-14-19-17(9-12-28-22(19)29-20)18-13-16(27)5-6-21(18)34-4/h5-7,9,12-14H,8,10-11H2,1-4H3,(H,28,29)(H,30,33)(H,31,32). The van der Waals surface area contributed by atoms with Gasteiger partial charge < -0.3 is 24.9 Å². The zero-order valence-corrected chi connectivity index (χ0v) is 20.1. The normalized spacial score (nSPS) is 18.1. The molecule has 1 aromatic carbocycles. The number of halogens is 1. The zero-order chi connectivity index (χ0) is 25.4. The summed E-state index contributed by atoms with van der Waals surface area (Å²) in [6.07, 6.45) is 3.39. The summed E-state index contributed by atoms with van der Waals surface area (Å²) in [7, 11) is 1.53. The second-order valence-electron chi connectivity index (χ2n) is 9.60. The minimum atomic E-state index is -1.45. The molecule has 35 heavy (non-hydrogen) atoms. The van der Waals surface area contributed by atoms with Crippen molar-refractivity contribution in [1.82, 2.24) is 15.3 Å². The molecule has 3 aromatic rings. The van der Waals surface area contributed by atoms with Crippen LogP contribution < -0.4 is 10.1 Å². The zero-order valence-electron chi connectivity index (χ0n) is 20.1. The quantitative estimate of drug-likeness (QED) is 0.456. The molecule has 1 aliphatic carbocycles. The van der Waals surface area contributed by atoms with E-state index in [-0.39, 0.29) is 18.7 Å². The van der Waals surface area contributed by atoms with Crippen molar-refractivity contribution in [2.45, 2.75) is 51.2 Å². The van der Waals surface area contributed by atoms with Crippen molar-refractivity contribution < 1.29 is 28.6 Å². The van der Waals surface area contributed by atoms with Gasteiger partial charge in [-0.2, -0.15) is 0 Å². The Hall–Kier alpha value is -3.88. The summed E-state index contributed by atoms with van der Waals surface area (Å²) >= 11 is 0. The minimum absolute atomic E-state index is 0.101. The van der Waals surface area contributed by atoms with Gasteiger partial charge in [-0.3, -0.25) is 0 Å². The number of benzene rings is 1. The van der Waals surface area contributed by atoms with Crippen molar-refractivity contribution in [3.8, 4) is 16.9 Å². The monoisotopic (exact) mass is 481 g/mol. The van der Waals surface area contributed by atoms with Crippen LogP contribution in [0, 0.1) is 5.82 Å². The number of aliphatic carboxylic acids is 1. The van der Waals surface area contributed by atoms with Gasteiger partial charge in [-0.25, -0.2) is 19.0 Å². The van der Waals surface area contributed by atoms with E-state index < -0.39 is 23.2 Å². The molecule has 0 saturated heterocycles. The summed E-state index contributed by atoms with van der Waals surface area (Å²) < 4.78 is 24.7. The SMILES string of the molecule is COc1ccc(F)cc1-c1ccnc2[nH]c(C3=CCC(NC(=O)OC(C)(C)C)(C(=O)O)CC3)cc12. The van der Waals surface area contributed by atoms with Crippen LogP contribution in [0.15, 0.2) is 42.6 Å². The van der Waals surface area contributed by atoms with Gasteiger partial charge in [0.15, 0.2) is 0 Å². The third kappa shape index (κ3) is 4.99. The van der Waals surface area contributed by atoms with E-state index in [1.807, 2.05) is 12.1 Å². The van der Waals surface area contributed by atoms with Gasteiger partial charge in [-0.1, -0.05) is 6.08 Å². The van der Waals surface area contributed by atoms with Crippen LogP contribution in [0.3, 0.4) is 0 Å². The predicted octanol–water partition coefficient (Wildman–Crippen LogP) is 5.29. The fourth-order valence-electron chi connectivity index (χ4n) is 4.28. The number of aromatic nitrogens is 2. The van der Waals surface area contributed by atoms with Gasteiger partial charge in [0.1, 0.15) is 28.4 Å². The number of carbonyl (C=O) groups is 2. The smallest absolute Gasteiger partial charge is 0.408 e. The highest BCUT2D eigenvalue weighted by Crippen LogP contribution is 2.38. The molecule has 0 aliphatic heterocycles. The molecule has 0 bridgehead atoms. The van der Waals surface area contributed by atoms with Crippen LogP contribution in [0.1, 0.15) is 45.7 Å². The highest BCUT2D eigenvalue weighted by Gasteiger charge is 2.42. The van der Waals surface area contributed by atoms with Gasteiger partial charge in [0.2, 0.25) is 0 Å². The van der Waals surface area contributed by atoms with Crippen molar-refractivity contribution in [2.75, 3.05) is 7.11 Å². The maximum absolute atomic E-state index is 14.0. The lowest BCUT2D eigenvalue weighted by atomic mass is 9.81. The highest BCUT2D eigenvalue weighted by atomic mass is 19.1. The van der Waals surface area contributed by atoms with Gasteiger partial charge >= 0.3 is 12.1 Å². The van der Waals surface area contributed by atoms with Crippen molar-refractivity contribution >= 4 is 28.7 Å². The summed E-state index contributed by atoms with van der Waals surface area (Å²) in [5, 5.41) is 13.2. The number of H-pyrrole nitrogens is 1. The molecule has 1 aliphatic rings. The third-order valence-corrected chi connectivity index (χ3v) is 6.00. The number of rotatable bonds is 5. The highest BCUT2D eigenvalue weighted by molar-refractivity contribution is 5.97. The van der Waals surface area contributed by atoms with E-state index in [1.54, 1.807) is 39.1 Å². The van der Waals surface area contributed by atoms with Crippen LogP contribution in [-0.2, 0) is 9.53 Å². The molecular formula is C26H28FN3O5. The maximum Gasteiger partial charge on any atom is 0.408 e. The molecule has 0 radical (unpaired) electrons. The van der Waals surface area contributed by atoms with Crippen LogP contribution >= 0.6 is 0 Å². The number of pyridine rings is 1. The fourth-order valence-corrected chi connectivity index (χ4v) is 4.28. The van der Waals surface area contributed by atoms with Gasteiger partial charge in [0, 0.05) is 22.8 Å². The molecule has 1 amide bonds. The molecule has 2 aromatic heterocycles. The molecule has 9 heteroatoms. The van der Waals surface area contributed by atoms with Crippen LogP contribution in [0.2, 0.25) is 0 Å². The van der Waals surface area contributed by atoms with E-state index in [1.165, 1.54) is 19.2 Å². The fraction of sp³-hybridized carbons (Fsp3) is 0.346. The number of amides is 1. The molecule has 3 N–H and O–H groups in total. The summed E-state index contributed by atoms with van der Waals surface area (Å²) in [5.41, 5.74) is 1.49. The first-order chi connectivity index (χ1) is 16.5. The van der Waals surface area contributed by atoms with Gasteiger partial charge in [-0.15, -0.1) is 0 Å². The Morgan fingerprint density at radius 3 is 2.60 bits per heavy atom. The summed E-state index contributed by atoms with van der Waals surface area (Å²) in [4.78, 5) is 32.1. The molecule has 2 heterocycles. The number of carboxylic acids is 1. The number of methoxy groups -OCH3 is 1. The molecule has 184 valence electrons. The van der Waals surface area contributed by atoms with Crippen molar-refractivity contribution in [2.24, 2.45) is 0 Å². The number of hydrogen-bond acceptors (Lipinski definition) is 5. The molecule has 0 spiro atoms. The van der Waals surface area contributed by atoms with E-state index in [0.717, 1.165) is 22.2 Å². The lowest BCUT2D eigenvalue weighted by Gasteiger charge is -2.34. The maximum atomic E-state index is 14.0. The Kier molecular flexibility index (Phi) is 6.27. The van der Waals surface area contributed by atoms with E-state index >= 15 is 0 Å². The van der Waals surface area contributed by atoms with Gasteiger partial charge in [0.05, 0.1) is 7.11 Å². The lowest BCUT2D eigenvalue weighted by molar-refractivity contribution is -0.145. The Labute approximate surface area is 202 Å². The topological polar surface area (TPSA) is 114 Å². The lowest BCUT2D eigenvalue weighted by Crippen LogP contribution is -2.56. The van der Waals surface area contributed by atoms with Gasteiger partial charge in [0.25, 0.3) is 0 Å². The third-order valence-electron chi connectivity index (χ3n) is 6.00. The average Bonchev–Trinajstić information content (AvgIpc) is 3.22. The van der Waals surface area contributed by atoms with Crippen molar-refractivity contribution in [3.05, 3.63) is 54.1 Å². The molecule has 1 atom stereocenters. The molecule has 0 saturated carbocycles. The van der Waals surface area contributed by atoms with E-state index in [9.17, 15) is 19.1 Å². The molecule has 8 nitrogen and oxygen atoms in total. The Morgan fingerprint density at radius 2 is 1.97 bits per heavy atom. The number of carbonyl (C=O) groups excluding carboxylic acids is 1. The number of allylic oxidation sites excluding steroid dienone is 1. The van der Waals surface area contributed by atoms with Crippen LogP contribution in [-0.4, -0.2) is 45.4 Å². The second-order valence-corrected chi connectivity index (χ2v) is 9.60. The largest absolute Gasteiger partial charge is 0.496 e. The predicted molar refractivity (Wildman–Crippen MR) is 130 cm³/mol. The number of carboxylic acid groups (broad SMARTS) is 1. The Bertz CT molecular complexity index is 1320. The average molecular weight is 482 g/mol. The first-order valence-electron chi connectivity index (χ1n) is 11.3. The number of alkyl carbamates (subject to hydrolysis) is 1. The number of hydrogen-bond donors (Lipinski definition) is 3. The van der Waals surface area contributed by atoms with Crippen LogP contribution in [0.25, 0.3) is 27.7 Å². The number of ether oxygens (including phenoxy) is 2.